The molecule has 1 fully saturated rings. The van der Waals surface area contributed by atoms with Crippen molar-refractivity contribution in [1.82, 2.24) is 5.32 Å². The molecule has 1 saturated carbocycles. The first kappa shape index (κ1) is 13.3. The van der Waals surface area contributed by atoms with Gasteiger partial charge in [0.1, 0.15) is 5.82 Å². The van der Waals surface area contributed by atoms with Gasteiger partial charge >= 0.3 is 0 Å². The van der Waals surface area contributed by atoms with Gasteiger partial charge in [0.05, 0.1) is 0 Å². The second-order valence-electron chi connectivity index (χ2n) is 5.73. The SMILES string of the molecule is Cc1ccccc1C1CC(NCc2cccc(F)c2)C1. The predicted molar refractivity (Wildman–Crippen MR) is 80.2 cm³/mol. The predicted octanol–water partition coefficient (Wildman–Crippen LogP) is 4.17. The van der Waals surface area contributed by atoms with Crippen LogP contribution < -0.4 is 5.32 Å². The van der Waals surface area contributed by atoms with Crippen molar-refractivity contribution in [2.75, 3.05) is 0 Å². The van der Waals surface area contributed by atoms with Crippen molar-refractivity contribution in [3.8, 4) is 0 Å². The minimum atomic E-state index is -0.157. The van der Waals surface area contributed by atoms with Crippen LogP contribution in [0.1, 0.15) is 35.4 Å². The minimum absolute atomic E-state index is 0.157. The Morgan fingerprint density at radius 3 is 2.65 bits per heavy atom. The molecule has 0 aromatic heterocycles. The summed E-state index contributed by atoms with van der Waals surface area (Å²) in [5, 5.41) is 3.52. The number of hydrogen-bond donors (Lipinski definition) is 1. The van der Waals surface area contributed by atoms with E-state index >= 15 is 0 Å². The summed E-state index contributed by atoms with van der Waals surface area (Å²) in [6.07, 6.45) is 2.36. The third-order valence-corrected chi connectivity index (χ3v) is 4.25. The van der Waals surface area contributed by atoms with Crippen molar-refractivity contribution in [1.29, 1.82) is 0 Å². The number of hydrogen-bond acceptors (Lipinski definition) is 1. The maximum absolute atomic E-state index is 13.1. The van der Waals surface area contributed by atoms with Gasteiger partial charge in [-0.2, -0.15) is 0 Å². The van der Waals surface area contributed by atoms with E-state index in [2.05, 4.69) is 36.5 Å². The Labute approximate surface area is 119 Å². The summed E-state index contributed by atoms with van der Waals surface area (Å²) in [7, 11) is 0. The molecule has 1 aliphatic rings. The topological polar surface area (TPSA) is 12.0 Å². The fraction of sp³-hybridized carbons (Fsp3) is 0.333. The maximum Gasteiger partial charge on any atom is 0.123 e. The van der Waals surface area contributed by atoms with Crippen LogP contribution in [0.2, 0.25) is 0 Å². The van der Waals surface area contributed by atoms with E-state index in [-0.39, 0.29) is 5.82 Å². The molecule has 2 heteroatoms. The molecule has 1 N–H and O–H groups in total. The fourth-order valence-corrected chi connectivity index (χ4v) is 2.99. The standard InChI is InChI=1S/C18H20FN/c1-13-5-2-3-8-18(13)15-10-17(11-15)20-12-14-6-4-7-16(19)9-14/h2-9,15,17,20H,10-12H2,1H3. The maximum atomic E-state index is 13.1. The molecule has 0 aliphatic heterocycles. The molecule has 0 bridgehead atoms. The van der Waals surface area contributed by atoms with Crippen LogP contribution in [-0.4, -0.2) is 6.04 Å². The lowest BCUT2D eigenvalue weighted by atomic mass is 9.74. The summed E-state index contributed by atoms with van der Waals surface area (Å²) in [5.41, 5.74) is 3.89. The molecule has 2 aromatic rings. The molecule has 0 atom stereocenters. The molecule has 104 valence electrons. The quantitative estimate of drug-likeness (QED) is 0.878. The van der Waals surface area contributed by atoms with Crippen molar-refractivity contribution < 1.29 is 4.39 Å². The Balaban J connectivity index is 1.50. The van der Waals surface area contributed by atoms with Crippen molar-refractivity contribution in [2.45, 2.75) is 38.3 Å². The van der Waals surface area contributed by atoms with Crippen LogP contribution in [0.4, 0.5) is 4.39 Å². The van der Waals surface area contributed by atoms with Crippen molar-refractivity contribution in [3.05, 3.63) is 71.0 Å². The Morgan fingerprint density at radius 2 is 1.90 bits per heavy atom. The first-order valence-corrected chi connectivity index (χ1v) is 7.26. The molecule has 0 spiro atoms. The van der Waals surface area contributed by atoms with Crippen LogP contribution in [0.5, 0.6) is 0 Å². The largest absolute Gasteiger partial charge is 0.310 e. The molecule has 20 heavy (non-hydrogen) atoms. The number of halogens is 1. The average molecular weight is 269 g/mol. The lowest BCUT2D eigenvalue weighted by Crippen LogP contribution is -2.39. The van der Waals surface area contributed by atoms with Crippen LogP contribution in [0.15, 0.2) is 48.5 Å². The molecule has 0 unspecified atom stereocenters. The van der Waals surface area contributed by atoms with Crippen molar-refractivity contribution in [2.24, 2.45) is 0 Å². The van der Waals surface area contributed by atoms with E-state index in [1.165, 1.54) is 30.0 Å². The van der Waals surface area contributed by atoms with Gasteiger partial charge in [0.25, 0.3) is 0 Å². The molecular weight excluding hydrogens is 249 g/mol. The zero-order valence-corrected chi connectivity index (χ0v) is 11.8. The Morgan fingerprint density at radius 1 is 1.10 bits per heavy atom. The summed E-state index contributed by atoms with van der Waals surface area (Å²) in [6, 6.07) is 16.0. The molecule has 0 radical (unpaired) electrons. The molecule has 2 aromatic carbocycles. The van der Waals surface area contributed by atoms with Crippen LogP contribution in [0.25, 0.3) is 0 Å². The third kappa shape index (κ3) is 2.91. The van der Waals surface area contributed by atoms with Crippen LogP contribution in [0, 0.1) is 12.7 Å². The molecule has 0 saturated heterocycles. The van der Waals surface area contributed by atoms with Crippen molar-refractivity contribution >= 4 is 0 Å². The van der Waals surface area contributed by atoms with Crippen LogP contribution in [0.3, 0.4) is 0 Å². The fourth-order valence-electron chi connectivity index (χ4n) is 2.99. The highest BCUT2D eigenvalue weighted by Crippen LogP contribution is 2.38. The average Bonchev–Trinajstić information content (AvgIpc) is 2.39. The Bertz CT molecular complexity index is 587. The van der Waals surface area contributed by atoms with Crippen molar-refractivity contribution in [3.63, 3.8) is 0 Å². The van der Waals surface area contributed by atoms with E-state index in [9.17, 15) is 4.39 Å². The number of aryl methyl sites for hydroxylation is 1. The van der Waals surface area contributed by atoms with Gasteiger partial charge in [0.15, 0.2) is 0 Å². The number of rotatable bonds is 4. The number of benzene rings is 2. The van der Waals surface area contributed by atoms with E-state index in [1.54, 1.807) is 12.1 Å². The van der Waals surface area contributed by atoms with Gasteiger partial charge in [0.2, 0.25) is 0 Å². The molecule has 1 nitrogen and oxygen atoms in total. The summed E-state index contributed by atoms with van der Waals surface area (Å²) < 4.78 is 13.1. The van der Waals surface area contributed by atoms with Crippen LogP contribution >= 0.6 is 0 Å². The molecular formula is C18H20FN. The third-order valence-electron chi connectivity index (χ3n) is 4.25. The highest BCUT2D eigenvalue weighted by atomic mass is 19.1. The second kappa shape index (κ2) is 5.76. The lowest BCUT2D eigenvalue weighted by Gasteiger charge is -2.37. The monoisotopic (exact) mass is 269 g/mol. The van der Waals surface area contributed by atoms with E-state index in [4.69, 9.17) is 0 Å². The van der Waals surface area contributed by atoms with Gasteiger partial charge in [-0.15, -0.1) is 0 Å². The lowest BCUT2D eigenvalue weighted by molar-refractivity contribution is 0.289. The highest BCUT2D eigenvalue weighted by molar-refractivity contribution is 5.31. The van der Waals surface area contributed by atoms with Gasteiger partial charge < -0.3 is 5.32 Å². The summed E-state index contributed by atoms with van der Waals surface area (Å²) >= 11 is 0. The highest BCUT2D eigenvalue weighted by Gasteiger charge is 2.30. The first-order chi connectivity index (χ1) is 9.72. The van der Waals surface area contributed by atoms with E-state index in [0.29, 0.717) is 12.0 Å². The first-order valence-electron chi connectivity index (χ1n) is 7.26. The van der Waals surface area contributed by atoms with Crippen LogP contribution in [-0.2, 0) is 6.54 Å². The van der Waals surface area contributed by atoms with Gasteiger partial charge in [-0.05, 0) is 54.5 Å². The smallest absolute Gasteiger partial charge is 0.123 e. The van der Waals surface area contributed by atoms with Gasteiger partial charge in [-0.3, -0.25) is 0 Å². The van der Waals surface area contributed by atoms with E-state index in [0.717, 1.165) is 12.1 Å². The zero-order chi connectivity index (χ0) is 13.9. The normalized spacial score (nSPS) is 21.5. The summed E-state index contributed by atoms with van der Waals surface area (Å²) in [5.74, 6) is 0.525. The second-order valence-corrected chi connectivity index (χ2v) is 5.73. The Kier molecular flexibility index (Phi) is 3.83. The zero-order valence-electron chi connectivity index (χ0n) is 11.8. The summed E-state index contributed by atoms with van der Waals surface area (Å²) in [6.45, 7) is 2.94. The minimum Gasteiger partial charge on any atom is -0.310 e. The number of nitrogens with one attached hydrogen (secondary N) is 1. The Hall–Kier alpha value is -1.67. The van der Waals surface area contributed by atoms with Gasteiger partial charge in [-0.25, -0.2) is 4.39 Å². The van der Waals surface area contributed by atoms with Gasteiger partial charge in [0, 0.05) is 12.6 Å². The molecule has 1 aliphatic carbocycles. The molecule has 3 rings (SSSR count). The van der Waals surface area contributed by atoms with E-state index < -0.39 is 0 Å². The van der Waals surface area contributed by atoms with Gasteiger partial charge in [-0.1, -0.05) is 36.4 Å². The molecule has 0 heterocycles. The molecule has 0 amide bonds. The summed E-state index contributed by atoms with van der Waals surface area (Å²) in [4.78, 5) is 0. The van der Waals surface area contributed by atoms with E-state index in [1.807, 2.05) is 6.07 Å².